The standard InChI is InChI=1S/C9H21NO5Si/c1-9(11)10(2)8-15-6-7-16(12-3,13-4)14-5/h6-8H2,1-5H3. The molecule has 1 amide bonds. The maximum Gasteiger partial charge on any atom is 0.502 e. The predicted octanol–water partition coefficient (Wildman–Crippen LogP) is 0.317. The van der Waals surface area contributed by atoms with Crippen molar-refractivity contribution in [3.05, 3.63) is 0 Å². The Balaban J connectivity index is 3.83. The van der Waals surface area contributed by atoms with Crippen LogP contribution in [0.1, 0.15) is 6.92 Å². The van der Waals surface area contributed by atoms with E-state index in [-0.39, 0.29) is 12.6 Å². The summed E-state index contributed by atoms with van der Waals surface area (Å²) in [4.78, 5) is 12.4. The molecule has 6 nitrogen and oxygen atoms in total. The fourth-order valence-electron chi connectivity index (χ4n) is 1.05. The summed E-state index contributed by atoms with van der Waals surface area (Å²) in [7, 11) is 3.80. The van der Waals surface area contributed by atoms with Crippen LogP contribution in [0.25, 0.3) is 0 Å². The van der Waals surface area contributed by atoms with Crippen molar-refractivity contribution < 1.29 is 22.8 Å². The lowest BCUT2D eigenvalue weighted by Crippen LogP contribution is -2.44. The van der Waals surface area contributed by atoms with Crippen molar-refractivity contribution in [3.63, 3.8) is 0 Å². The van der Waals surface area contributed by atoms with Gasteiger partial charge in [-0.3, -0.25) is 4.79 Å². The Kier molecular flexibility index (Phi) is 7.51. The molecule has 7 heteroatoms. The highest BCUT2D eigenvalue weighted by Crippen LogP contribution is 2.12. The van der Waals surface area contributed by atoms with Crippen LogP contribution in [0.15, 0.2) is 0 Å². The minimum atomic E-state index is -2.55. The van der Waals surface area contributed by atoms with Gasteiger partial charge in [-0.2, -0.15) is 0 Å². The smallest absolute Gasteiger partial charge is 0.377 e. The molecular weight excluding hydrogens is 230 g/mol. The summed E-state index contributed by atoms with van der Waals surface area (Å²) in [5, 5.41) is 0. The second kappa shape index (κ2) is 7.74. The molecule has 0 unspecified atom stereocenters. The van der Waals surface area contributed by atoms with Gasteiger partial charge in [0.15, 0.2) is 0 Å². The molecule has 0 aliphatic carbocycles. The SMILES string of the molecule is CO[Si](CCOCN(C)C(C)=O)(OC)OC. The molecule has 0 aromatic rings. The van der Waals surface area contributed by atoms with E-state index in [0.717, 1.165) is 0 Å². The summed E-state index contributed by atoms with van der Waals surface area (Å²) in [6.07, 6.45) is 0. The Labute approximate surface area is 97.8 Å². The fourth-order valence-corrected chi connectivity index (χ4v) is 2.55. The molecule has 0 aliphatic heterocycles. The molecule has 0 radical (unpaired) electrons. The first kappa shape index (κ1) is 15.5. The van der Waals surface area contributed by atoms with Crippen molar-refractivity contribution in [1.29, 1.82) is 0 Å². The zero-order chi connectivity index (χ0) is 12.6. The van der Waals surface area contributed by atoms with Crippen molar-refractivity contribution in [2.24, 2.45) is 0 Å². The molecule has 0 heterocycles. The van der Waals surface area contributed by atoms with E-state index in [1.807, 2.05) is 0 Å². The zero-order valence-corrected chi connectivity index (χ0v) is 11.6. The van der Waals surface area contributed by atoms with Gasteiger partial charge in [0.1, 0.15) is 6.73 Å². The molecule has 0 saturated heterocycles. The van der Waals surface area contributed by atoms with Gasteiger partial charge >= 0.3 is 8.80 Å². The van der Waals surface area contributed by atoms with Gasteiger partial charge in [0, 0.05) is 41.3 Å². The lowest BCUT2D eigenvalue weighted by atomic mass is 10.6. The lowest BCUT2D eigenvalue weighted by molar-refractivity contribution is -0.132. The fraction of sp³-hybridized carbons (Fsp3) is 0.889. The first-order valence-electron chi connectivity index (χ1n) is 4.96. The largest absolute Gasteiger partial charge is 0.502 e. The van der Waals surface area contributed by atoms with E-state index in [9.17, 15) is 4.79 Å². The number of hydrogen-bond donors (Lipinski definition) is 0. The normalized spacial score (nSPS) is 11.6. The third-order valence-electron chi connectivity index (χ3n) is 2.31. The maximum atomic E-state index is 10.9. The van der Waals surface area contributed by atoms with E-state index < -0.39 is 8.80 Å². The van der Waals surface area contributed by atoms with Crippen molar-refractivity contribution in [2.75, 3.05) is 41.7 Å². The molecule has 0 rings (SSSR count). The zero-order valence-electron chi connectivity index (χ0n) is 10.6. The van der Waals surface area contributed by atoms with Crippen LogP contribution in [0, 0.1) is 0 Å². The second-order valence-electron chi connectivity index (χ2n) is 3.30. The van der Waals surface area contributed by atoms with Crippen LogP contribution >= 0.6 is 0 Å². The number of nitrogens with zero attached hydrogens (tertiary/aromatic N) is 1. The third kappa shape index (κ3) is 5.04. The molecule has 0 aliphatic rings. The molecule has 0 aromatic heterocycles. The topological polar surface area (TPSA) is 57.2 Å². The molecule has 0 bridgehead atoms. The Morgan fingerprint density at radius 2 is 1.69 bits per heavy atom. The second-order valence-corrected chi connectivity index (χ2v) is 6.39. The van der Waals surface area contributed by atoms with Crippen molar-refractivity contribution in [2.45, 2.75) is 13.0 Å². The minimum Gasteiger partial charge on any atom is -0.377 e. The first-order valence-corrected chi connectivity index (χ1v) is 6.89. The highest BCUT2D eigenvalue weighted by atomic mass is 28.4. The maximum absolute atomic E-state index is 10.9. The number of ether oxygens (including phenoxy) is 1. The first-order chi connectivity index (χ1) is 7.51. The molecule has 0 spiro atoms. The van der Waals surface area contributed by atoms with Gasteiger partial charge in [0.25, 0.3) is 0 Å². The van der Waals surface area contributed by atoms with Crippen LogP contribution in [0.4, 0.5) is 0 Å². The molecule has 0 fully saturated rings. The Hall–Kier alpha value is -0.473. The Morgan fingerprint density at radius 3 is 2.06 bits per heavy atom. The number of carbonyl (C=O) groups is 1. The monoisotopic (exact) mass is 251 g/mol. The summed E-state index contributed by atoms with van der Waals surface area (Å²) in [6.45, 7) is 2.18. The van der Waals surface area contributed by atoms with E-state index in [0.29, 0.717) is 12.7 Å². The van der Waals surface area contributed by atoms with Gasteiger partial charge in [-0.1, -0.05) is 0 Å². The van der Waals surface area contributed by atoms with Crippen LogP contribution in [0.3, 0.4) is 0 Å². The molecule has 0 aromatic carbocycles. The van der Waals surface area contributed by atoms with Crippen molar-refractivity contribution in [3.8, 4) is 0 Å². The van der Waals surface area contributed by atoms with Crippen LogP contribution in [0.5, 0.6) is 0 Å². The Morgan fingerprint density at radius 1 is 1.19 bits per heavy atom. The van der Waals surface area contributed by atoms with E-state index in [4.69, 9.17) is 18.0 Å². The number of rotatable bonds is 8. The molecule has 0 N–H and O–H groups in total. The van der Waals surface area contributed by atoms with Crippen LogP contribution in [-0.2, 0) is 22.8 Å². The average Bonchev–Trinajstić information content (AvgIpc) is 2.30. The van der Waals surface area contributed by atoms with Gasteiger partial charge in [0.2, 0.25) is 5.91 Å². The van der Waals surface area contributed by atoms with E-state index in [1.54, 1.807) is 28.4 Å². The quantitative estimate of drug-likeness (QED) is 0.353. The van der Waals surface area contributed by atoms with Crippen LogP contribution in [-0.4, -0.2) is 61.3 Å². The molecule has 96 valence electrons. The minimum absolute atomic E-state index is 0.0336. The summed E-state index contributed by atoms with van der Waals surface area (Å²) in [5.41, 5.74) is 0. The number of amides is 1. The molecular formula is C9H21NO5Si. The summed E-state index contributed by atoms with van der Waals surface area (Å²) < 4.78 is 21.0. The van der Waals surface area contributed by atoms with E-state index in [1.165, 1.54) is 11.8 Å². The van der Waals surface area contributed by atoms with Crippen LogP contribution in [0.2, 0.25) is 6.04 Å². The molecule has 0 saturated carbocycles. The average molecular weight is 251 g/mol. The van der Waals surface area contributed by atoms with Gasteiger partial charge in [-0.15, -0.1) is 0 Å². The molecule has 16 heavy (non-hydrogen) atoms. The van der Waals surface area contributed by atoms with Crippen LogP contribution < -0.4 is 0 Å². The summed E-state index contributed by atoms with van der Waals surface area (Å²) in [5.74, 6) is -0.0336. The number of hydrogen-bond acceptors (Lipinski definition) is 5. The van der Waals surface area contributed by atoms with Gasteiger partial charge in [-0.05, 0) is 0 Å². The molecule has 0 atom stereocenters. The van der Waals surface area contributed by atoms with Gasteiger partial charge < -0.3 is 22.9 Å². The highest BCUT2D eigenvalue weighted by molar-refractivity contribution is 6.60. The van der Waals surface area contributed by atoms with E-state index >= 15 is 0 Å². The summed E-state index contributed by atoms with van der Waals surface area (Å²) in [6, 6.07) is 0.558. The predicted molar refractivity (Wildman–Crippen MR) is 60.9 cm³/mol. The van der Waals surface area contributed by atoms with Gasteiger partial charge in [-0.25, -0.2) is 0 Å². The van der Waals surface area contributed by atoms with Crippen molar-refractivity contribution in [1.82, 2.24) is 4.90 Å². The van der Waals surface area contributed by atoms with E-state index in [2.05, 4.69) is 0 Å². The number of carbonyl (C=O) groups excluding carboxylic acids is 1. The Bertz CT molecular complexity index is 202. The lowest BCUT2D eigenvalue weighted by Gasteiger charge is -2.24. The third-order valence-corrected chi connectivity index (χ3v) is 4.99. The van der Waals surface area contributed by atoms with Gasteiger partial charge in [0.05, 0.1) is 6.61 Å². The van der Waals surface area contributed by atoms with Crippen molar-refractivity contribution >= 4 is 14.7 Å². The summed E-state index contributed by atoms with van der Waals surface area (Å²) >= 11 is 0. The highest BCUT2D eigenvalue weighted by Gasteiger charge is 2.37.